The van der Waals surface area contributed by atoms with Crippen molar-refractivity contribution < 1.29 is 14.3 Å². The van der Waals surface area contributed by atoms with Crippen molar-refractivity contribution in [3.63, 3.8) is 0 Å². The number of amides is 2. The summed E-state index contributed by atoms with van der Waals surface area (Å²) in [7, 11) is 0. The Balaban J connectivity index is 1.54. The lowest BCUT2D eigenvalue weighted by atomic mass is 10.1. The molecule has 7 heteroatoms. The fourth-order valence-corrected chi connectivity index (χ4v) is 4.20. The van der Waals surface area contributed by atoms with Crippen LogP contribution in [0, 0.1) is 6.92 Å². The number of carbonyl (C=O) groups excluding carboxylic acids is 2. The van der Waals surface area contributed by atoms with Gasteiger partial charge in [0.05, 0.1) is 12.8 Å². The zero-order valence-corrected chi connectivity index (χ0v) is 20.5. The molecule has 4 rings (SSSR count). The standard InChI is InChI=1S/C29H30N4O3/c1-3-36-29(35)31-26(18-22-12-6-4-7-13-22)28(34)32-30-19-25-21(2)33(20-23-14-8-5-9-15-23)27-17-11-10-16-24(25)27/h4-17,19,26H,3,18,20H2,1-2H3,(H,31,35)(H,32,34)/b30-19-/t26-/m0/s1. The van der Waals surface area contributed by atoms with Crippen molar-refractivity contribution in [3.05, 3.63) is 107 Å². The molecule has 0 saturated heterocycles. The van der Waals surface area contributed by atoms with Crippen LogP contribution in [0.2, 0.25) is 0 Å². The minimum atomic E-state index is -0.830. The van der Waals surface area contributed by atoms with E-state index in [2.05, 4.69) is 38.6 Å². The Labute approximate surface area is 210 Å². The van der Waals surface area contributed by atoms with E-state index < -0.39 is 18.0 Å². The van der Waals surface area contributed by atoms with Gasteiger partial charge in [0.2, 0.25) is 0 Å². The zero-order valence-electron chi connectivity index (χ0n) is 20.5. The van der Waals surface area contributed by atoms with Gasteiger partial charge in [-0.1, -0.05) is 78.9 Å². The number of rotatable bonds is 9. The average Bonchev–Trinajstić information content (AvgIpc) is 3.15. The van der Waals surface area contributed by atoms with Crippen molar-refractivity contribution in [1.82, 2.24) is 15.3 Å². The quantitative estimate of drug-likeness (QED) is 0.265. The first-order valence-electron chi connectivity index (χ1n) is 12.0. The van der Waals surface area contributed by atoms with E-state index in [0.717, 1.165) is 34.3 Å². The minimum absolute atomic E-state index is 0.218. The van der Waals surface area contributed by atoms with Gasteiger partial charge in [-0.25, -0.2) is 10.2 Å². The summed E-state index contributed by atoms with van der Waals surface area (Å²) in [5, 5.41) is 7.95. The van der Waals surface area contributed by atoms with Crippen LogP contribution in [0.15, 0.2) is 90.0 Å². The van der Waals surface area contributed by atoms with E-state index in [0.29, 0.717) is 6.42 Å². The molecule has 1 heterocycles. The highest BCUT2D eigenvalue weighted by molar-refractivity contribution is 6.01. The van der Waals surface area contributed by atoms with Gasteiger partial charge in [0.15, 0.2) is 0 Å². The highest BCUT2D eigenvalue weighted by Crippen LogP contribution is 2.25. The molecule has 4 aromatic rings. The Kier molecular flexibility index (Phi) is 8.13. The van der Waals surface area contributed by atoms with Gasteiger partial charge in [-0.3, -0.25) is 4.79 Å². The van der Waals surface area contributed by atoms with Crippen molar-refractivity contribution >= 4 is 29.1 Å². The Morgan fingerprint density at radius 2 is 1.58 bits per heavy atom. The first-order valence-corrected chi connectivity index (χ1v) is 12.0. The van der Waals surface area contributed by atoms with Gasteiger partial charge in [-0.15, -0.1) is 0 Å². The molecule has 0 radical (unpaired) electrons. The van der Waals surface area contributed by atoms with Crippen molar-refractivity contribution in [2.75, 3.05) is 6.61 Å². The summed E-state index contributed by atoms with van der Waals surface area (Å²) in [4.78, 5) is 25.0. The number of hydrogen-bond donors (Lipinski definition) is 2. The Bertz CT molecular complexity index is 1350. The molecular weight excluding hydrogens is 452 g/mol. The number of hydrogen-bond acceptors (Lipinski definition) is 4. The molecule has 184 valence electrons. The van der Waals surface area contributed by atoms with Gasteiger partial charge >= 0.3 is 6.09 Å². The number of ether oxygens (including phenoxy) is 1. The maximum absolute atomic E-state index is 13.0. The van der Waals surface area contributed by atoms with Crippen LogP contribution >= 0.6 is 0 Å². The lowest BCUT2D eigenvalue weighted by molar-refractivity contribution is -0.123. The smallest absolute Gasteiger partial charge is 0.407 e. The van der Waals surface area contributed by atoms with Gasteiger partial charge < -0.3 is 14.6 Å². The molecule has 0 aliphatic carbocycles. The van der Waals surface area contributed by atoms with Crippen LogP contribution in [0.3, 0.4) is 0 Å². The molecule has 2 N–H and O–H groups in total. The first kappa shape index (κ1) is 24.7. The third kappa shape index (κ3) is 5.99. The molecule has 0 fully saturated rings. The summed E-state index contributed by atoms with van der Waals surface area (Å²) in [5.41, 5.74) is 7.79. The van der Waals surface area contributed by atoms with Crippen LogP contribution in [0.25, 0.3) is 10.9 Å². The predicted octanol–water partition coefficient (Wildman–Crippen LogP) is 4.81. The molecule has 3 aromatic carbocycles. The van der Waals surface area contributed by atoms with Gasteiger partial charge in [-0.05, 0) is 31.0 Å². The molecule has 1 atom stereocenters. The molecule has 0 aliphatic heterocycles. The van der Waals surface area contributed by atoms with Crippen molar-refractivity contribution in [2.45, 2.75) is 32.9 Å². The Morgan fingerprint density at radius 1 is 0.944 bits per heavy atom. The van der Waals surface area contributed by atoms with E-state index in [4.69, 9.17) is 4.74 Å². The lowest BCUT2D eigenvalue weighted by Gasteiger charge is -2.16. The second-order valence-corrected chi connectivity index (χ2v) is 8.43. The predicted molar refractivity (Wildman–Crippen MR) is 142 cm³/mol. The molecule has 2 amide bonds. The summed E-state index contributed by atoms with van der Waals surface area (Å²) in [6.07, 6.45) is 1.34. The Hall–Kier alpha value is -4.39. The van der Waals surface area contributed by atoms with E-state index in [-0.39, 0.29) is 6.61 Å². The molecular formula is C29H30N4O3. The minimum Gasteiger partial charge on any atom is -0.450 e. The van der Waals surface area contributed by atoms with Crippen molar-refractivity contribution in [2.24, 2.45) is 5.10 Å². The number of hydrazone groups is 1. The lowest BCUT2D eigenvalue weighted by Crippen LogP contribution is -2.47. The molecule has 0 aliphatic rings. The number of carbonyl (C=O) groups is 2. The fourth-order valence-electron chi connectivity index (χ4n) is 4.20. The maximum atomic E-state index is 13.0. The van der Waals surface area contributed by atoms with Gasteiger partial charge in [0, 0.05) is 35.1 Å². The number of alkyl carbamates (subject to hydrolysis) is 1. The third-order valence-corrected chi connectivity index (χ3v) is 6.00. The second kappa shape index (κ2) is 11.8. The zero-order chi connectivity index (χ0) is 25.3. The molecule has 7 nitrogen and oxygen atoms in total. The number of benzene rings is 3. The highest BCUT2D eigenvalue weighted by Gasteiger charge is 2.22. The van der Waals surface area contributed by atoms with Crippen LogP contribution < -0.4 is 10.7 Å². The number of para-hydroxylation sites is 1. The van der Waals surface area contributed by atoms with Crippen LogP contribution in [-0.2, 0) is 22.5 Å². The van der Waals surface area contributed by atoms with Crippen molar-refractivity contribution in [3.8, 4) is 0 Å². The molecule has 36 heavy (non-hydrogen) atoms. The van der Waals surface area contributed by atoms with Crippen LogP contribution in [0.1, 0.15) is 29.3 Å². The largest absolute Gasteiger partial charge is 0.450 e. The normalized spacial score (nSPS) is 11.9. The van der Waals surface area contributed by atoms with Gasteiger partial charge in [0.1, 0.15) is 6.04 Å². The summed E-state index contributed by atoms with van der Waals surface area (Å²) in [6.45, 7) is 4.71. The number of nitrogens with zero attached hydrogens (tertiary/aromatic N) is 2. The number of aromatic nitrogens is 1. The second-order valence-electron chi connectivity index (χ2n) is 8.43. The number of nitrogens with one attached hydrogen (secondary N) is 2. The third-order valence-electron chi connectivity index (χ3n) is 6.00. The van der Waals surface area contributed by atoms with E-state index in [1.54, 1.807) is 13.1 Å². The summed E-state index contributed by atoms with van der Waals surface area (Å²) in [6, 6.07) is 27.1. The van der Waals surface area contributed by atoms with Crippen LogP contribution in [0.4, 0.5) is 4.79 Å². The molecule has 0 unspecified atom stereocenters. The summed E-state index contributed by atoms with van der Waals surface area (Å²) in [5.74, 6) is -0.422. The summed E-state index contributed by atoms with van der Waals surface area (Å²) >= 11 is 0. The molecule has 1 aromatic heterocycles. The fraction of sp³-hybridized carbons (Fsp3) is 0.207. The van der Waals surface area contributed by atoms with E-state index in [9.17, 15) is 9.59 Å². The molecule has 0 bridgehead atoms. The van der Waals surface area contributed by atoms with E-state index in [1.807, 2.05) is 73.7 Å². The average molecular weight is 483 g/mol. The summed E-state index contributed by atoms with van der Waals surface area (Å²) < 4.78 is 7.22. The van der Waals surface area contributed by atoms with E-state index >= 15 is 0 Å². The Morgan fingerprint density at radius 3 is 2.28 bits per heavy atom. The van der Waals surface area contributed by atoms with Crippen LogP contribution in [0.5, 0.6) is 0 Å². The number of fused-ring (bicyclic) bond motifs is 1. The SMILES string of the molecule is CCOC(=O)N[C@@H](Cc1ccccc1)C(=O)N/N=C\c1c(C)n(Cc2ccccc2)c2ccccc12. The van der Waals surface area contributed by atoms with Gasteiger partial charge in [-0.2, -0.15) is 5.10 Å². The monoisotopic (exact) mass is 482 g/mol. The van der Waals surface area contributed by atoms with Crippen molar-refractivity contribution in [1.29, 1.82) is 0 Å². The first-order chi connectivity index (χ1) is 17.6. The topological polar surface area (TPSA) is 84.7 Å². The van der Waals surface area contributed by atoms with Gasteiger partial charge in [0.25, 0.3) is 5.91 Å². The van der Waals surface area contributed by atoms with E-state index in [1.165, 1.54) is 5.56 Å². The maximum Gasteiger partial charge on any atom is 0.407 e. The van der Waals surface area contributed by atoms with Crippen LogP contribution in [-0.4, -0.2) is 35.4 Å². The molecule has 0 saturated carbocycles. The highest BCUT2D eigenvalue weighted by atomic mass is 16.5. The molecule has 0 spiro atoms.